The number of nitrogens with zero attached hydrogens (tertiary/aromatic N) is 1. The number of rotatable bonds is 1. The molecule has 0 saturated carbocycles. The van der Waals surface area contributed by atoms with E-state index >= 15 is 0 Å². The largest absolute Gasteiger partial charge is 0.464 e. The number of nitrogens with one attached hydrogen (secondary N) is 1. The highest BCUT2D eigenvalue weighted by Crippen LogP contribution is 2.21. The Hall–Kier alpha value is -1.36. The Morgan fingerprint density at radius 2 is 2.46 bits per heavy atom. The molecule has 0 fully saturated rings. The van der Waals surface area contributed by atoms with Crippen LogP contribution in [-0.2, 0) is 4.74 Å². The quantitative estimate of drug-likeness (QED) is 0.706. The maximum absolute atomic E-state index is 11.1. The third kappa shape index (κ3) is 1.31. The van der Waals surface area contributed by atoms with Crippen LogP contribution in [-0.4, -0.2) is 23.0 Å². The zero-order valence-electron chi connectivity index (χ0n) is 7.25. The molecule has 0 aliphatic heterocycles. The summed E-state index contributed by atoms with van der Waals surface area (Å²) in [6, 6.07) is 1.70. The fourth-order valence-corrected chi connectivity index (χ4v) is 1.96. The van der Waals surface area contributed by atoms with Crippen LogP contribution in [0.3, 0.4) is 0 Å². The third-order valence-electron chi connectivity index (χ3n) is 1.69. The van der Waals surface area contributed by atoms with Crippen LogP contribution in [0.2, 0.25) is 0 Å². The average molecular weight is 196 g/mol. The molecule has 68 valence electrons. The Labute approximate surface area is 78.6 Å². The second-order valence-electron chi connectivity index (χ2n) is 2.62. The molecule has 2 rings (SSSR count). The average Bonchev–Trinajstić information content (AvgIpc) is 2.59. The number of carbonyl (C=O) groups excluding carboxylic acids is 1. The second-order valence-corrected chi connectivity index (χ2v) is 3.83. The number of fused-ring (bicyclic) bond motifs is 1. The molecule has 0 radical (unpaired) electrons. The van der Waals surface area contributed by atoms with Crippen molar-refractivity contribution in [3.63, 3.8) is 0 Å². The molecule has 2 aromatic heterocycles. The van der Waals surface area contributed by atoms with E-state index in [1.165, 1.54) is 18.4 Å². The van der Waals surface area contributed by atoms with Gasteiger partial charge in [-0.05, 0) is 13.0 Å². The van der Waals surface area contributed by atoms with Crippen molar-refractivity contribution < 1.29 is 9.53 Å². The first-order chi connectivity index (χ1) is 6.20. The molecule has 0 atom stereocenters. The van der Waals surface area contributed by atoms with Crippen molar-refractivity contribution in [2.45, 2.75) is 6.92 Å². The zero-order valence-corrected chi connectivity index (χ0v) is 8.07. The molecule has 1 N–H and O–H groups in total. The summed E-state index contributed by atoms with van der Waals surface area (Å²) >= 11 is 1.53. The fraction of sp³-hybridized carbons (Fsp3) is 0.250. The van der Waals surface area contributed by atoms with Gasteiger partial charge in [0.1, 0.15) is 16.0 Å². The third-order valence-corrected chi connectivity index (χ3v) is 2.60. The Kier molecular flexibility index (Phi) is 1.81. The summed E-state index contributed by atoms with van der Waals surface area (Å²) in [4.78, 5) is 19.2. The van der Waals surface area contributed by atoms with Crippen LogP contribution in [0.4, 0.5) is 0 Å². The van der Waals surface area contributed by atoms with E-state index in [2.05, 4.69) is 14.7 Å². The van der Waals surface area contributed by atoms with Crippen molar-refractivity contribution in [2.24, 2.45) is 0 Å². The Bertz CT molecular complexity index is 426. The van der Waals surface area contributed by atoms with Gasteiger partial charge in [0, 0.05) is 0 Å². The van der Waals surface area contributed by atoms with Gasteiger partial charge >= 0.3 is 5.97 Å². The molecule has 13 heavy (non-hydrogen) atoms. The van der Waals surface area contributed by atoms with E-state index in [0.717, 1.165) is 15.4 Å². The number of ether oxygens (including phenoxy) is 1. The second kappa shape index (κ2) is 2.85. The van der Waals surface area contributed by atoms with Gasteiger partial charge in [0.25, 0.3) is 0 Å². The van der Waals surface area contributed by atoms with Crippen molar-refractivity contribution in [2.75, 3.05) is 7.11 Å². The van der Waals surface area contributed by atoms with Crippen LogP contribution < -0.4 is 0 Å². The molecular weight excluding hydrogens is 188 g/mol. The molecule has 0 unspecified atom stereocenters. The van der Waals surface area contributed by atoms with Gasteiger partial charge in [-0.3, -0.25) is 0 Å². The monoisotopic (exact) mass is 196 g/mol. The highest BCUT2D eigenvalue weighted by Gasteiger charge is 2.11. The van der Waals surface area contributed by atoms with Gasteiger partial charge in [0.05, 0.1) is 12.1 Å². The maximum atomic E-state index is 11.1. The SMILES string of the molecule is COC(=O)c1cc2nc(C)sc2[nH]1. The number of aromatic nitrogens is 2. The molecule has 0 spiro atoms. The van der Waals surface area contributed by atoms with Gasteiger partial charge in [-0.15, -0.1) is 11.3 Å². The summed E-state index contributed by atoms with van der Waals surface area (Å²) in [6.07, 6.45) is 0. The smallest absolute Gasteiger partial charge is 0.354 e. The van der Waals surface area contributed by atoms with Gasteiger partial charge in [-0.1, -0.05) is 0 Å². The molecule has 0 aliphatic rings. The summed E-state index contributed by atoms with van der Waals surface area (Å²) in [5.41, 5.74) is 1.28. The number of hydrogen-bond acceptors (Lipinski definition) is 4. The minimum absolute atomic E-state index is 0.358. The van der Waals surface area contributed by atoms with Crippen LogP contribution in [0.1, 0.15) is 15.5 Å². The number of hydrogen-bond donors (Lipinski definition) is 1. The topological polar surface area (TPSA) is 55.0 Å². The molecule has 2 heterocycles. The Morgan fingerprint density at radius 1 is 1.69 bits per heavy atom. The van der Waals surface area contributed by atoms with E-state index in [9.17, 15) is 4.79 Å². The predicted octanol–water partition coefficient (Wildman–Crippen LogP) is 1.72. The summed E-state index contributed by atoms with van der Waals surface area (Å²) < 4.78 is 4.57. The number of carbonyl (C=O) groups is 1. The van der Waals surface area contributed by atoms with E-state index in [0.29, 0.717) is 5.69 Å². The summed E-state index contributed by atoms with van der Waals surface area (Å²) in [5.74, 6) is -0.358. The molecule has 0 bridgehead atoms. The van der Waals surface area contributed by atoms with Gasteiger partial charge in [-0.25, -0.2) is 9.78 Å². The van der Waals surface area contributed by atoms with Gasteiger partial charge in [0.15, 0.2) is 0 Å². The van der Waals surface area contributed by atoms with Gasteiger partial charge in [-0.2, -0.15) is 0 Å². The molecule has 2 aromatic rings. The van der Waals surface area contributed by atoms with E-state index in [1.807, 2.05) is 6.92 Å². The van der Waals surface area contributed by atoms with Gasteiger partial charge < -0.3 is 9.72 Å². The normalized spacial score (nSPS) is 10.6. The first-order valence-electron chi connectivity index (χ1n) is 3.75. The molecule has 0 amide bonds. The van der Waals surface area contributed by atoms with Crippen LogP contribution in [0.15, 0.2) is 6.07 Å². The minimum atomic E-state index is -0.358. The zero-order chi connectivity index (χ0) is 9.42. The molecular formula is C8H8N2O2S. The lowest BCUT2D eigenvalue weighted by Gasteiger charge is -1.91. The number of aromatic amines is 1. The Balaban J connectivity index is 2.51. The highest BCUT2D eigenvalue weighted by atomic mass is 32.1. The highest BCUT2D eigenvalue weighted by molar-refractivity contribution is 7.18. The number of aryl methyl sites for hydroxylation is 1. The van der Waals surface area contributed by atoms with Gasteiger partial charge in [0.2, 0.25) is 0 Å². The molecule has 0 aromatic carbocycles. The van der Waals surface area contributed by atoms with E-state index in [-0.39, 0.29) is 5.97 Å². The lowest BCUT2D eigenvalue weighted by Crippen LogP contribution is -2.00. The lowest BCUT2D eigenvalue weighted by atomic mass is 10.4. The summed E-state index contributed by atoms with van der Waals surface area (Å²) in [5, 5.41) is 0.984. The number of methoxy groups -OCH3 is 1. The number of H-pyrrole nitrogens is 1. The standard InChI is InChI=1S/C8H8N2O2S/c1-4-9-5-3-6(8(11)12-2)10-7(5)13-4/h3,10H,1-2H3. The molecule has 5 heteroatoms. The molecule has 0 saturated heterocycles. The van der Waals surface area contributed by atoms with Crippen molar-refractivity contribution in [1.29, 1.82) is 0 Å². The van der Waals surface area contributed by atoms with Crippen LogP contribution in [0.5, 0.6) is 0 Å². The van der Waals surface area contributed by atoms with E-state index < -0.39 is 0 Å². The minimum Gasteiger partial charge on any atom is -0.464 e. The molecule has 0 aliphatic carbocycles. The number of thiazole rings is 1. The number of esters is 1. The first kappa shape index (κ1) is 8.25. The lowest BCUT2D eigenvalue weighted by molar-refractivity contribution is 0.0595. The van der Waals surface area contributed by atoms with Crippen LogP contribution in [0, 0.1) is 6.92 Å². The van der Waals surface area contributed by atoms with Crippen molar-refractivity contribution >= 4 is 27.7 Å². The van der Waals surface area contributed by atoms with E-state index in [1.54, 1.807) is 6.07 Å². The Morgan fingerprint density at radius 3 is 3.08 bits per heavy atom. The van der Waals surface area contributed by atoms with Crippen molar-refractivity contribution in [3.05, 3.63) is 16.8 Å². The summed E-state index contributed by atoms with van der Waals surface area (Å²) in [7, 11) is 1.36. The van der Waals surface area contributed by atoms with Crippen molar-refractivity contribution in [1.82, 2.24) is 9.97 Å². The maximum Gasteiger partial charge on any atom is 0.354 e. The predicted molar refractivity (Wildman–Crippen MR) is 50.0 cm³/mol. The van der Waals surface area contributed by atoms with Crippen molar-refractivity contribution in [3.8, 4) is 0 Å². The van der Waals surface area contributed by atoms with E-state index in [4.69, 9.17) is 0 Å². The van der Waals surface area contributed by atoms with Crippen LogP contribution in [0.25, 0.3) is 10.3 Å². The van der Waals surface area contributed by atoms with Crippen LogP contribution >= 0.6 is 11.3 Å². The molecule has 4 nitrogen and oxygen atoms in total. The summed E-state index contributed by atoms with van der Waals surface area (Å²) in [6.45, 7) is 1.93. The first-order valence-corrected chi connectivity index (χ1v) is 4.57. The fourth-order valence-electron chi connectivity index (χ4n) is 1.15.